The summed E-state index contributed by atoms with van der Waals surface area (Å²) < 4.78 is 0.0329. The summed E-state index contributed by atoms with van der Waals surface area (Å²) in [4.78, 5) is 20.0. The molecule has 0 unspecified atom stereocenters. The molecule has 0 saturated carbocycles. The van der Waals surface area contributed by atoms with Gasteiger partial charge in [-0.25, -0.2) is 0 Å². The third-order valence-electron chi connectivity index (χ3n) is 1.31. The van der Waals surface area contributed by atoms with Crippen LogP contribution in [0.2, 0.25) is 0 Å². The zero-order valence-electron chi connectivity index (χ0n) is 7.25. The molecule has 1 heterocycles. The standard InChI is InChI=1S/C3H3N7O6/c4-1-5-2(8(11)12)6-7(1)3(9(13)14)10(15)16/h(H,13,14)(H2,4,5,6). The number of nitrogen functional groups attached to an aromatic ring is 1. The summed E-state index contributed by atoms with van der Waals surface area (Å²) >= 11 is 0. The molecule has 13 heteroatoms. The van der Waals surface area contributed by atoms with Crippen LogP contribution in [0.4, 0.5) is 11.9 Å². The van der Waals surface area contributed by atoms with Gasteiger partial charge >= 0.3 is 17.9 Å². The lowest BCUT2D eigenvalue weighted by Crippen LogP contribution is -2.31. The normalized spacial score (nSPS) is 12.0. The molecule has 0 saturated heterocycles. The van der Waals surface area contributed by atoms with Crippen molar-refractivity contribution in [3.8, 4) is 0 Å². The van der Waals surface area contributed by atoms with E-state index in [0.717, 1.165) is 0 Å². The Balaban J connectivity index is 3.38. The minimum atomic E-state index is -1.53. The number of aromatic nitrogens is 3. The quantitative estimate of drug-likeness (QED) is 0.140. The van der Waals surface area contributed by atoms with Crippen molar-refractivity contribution in [1.29, 1.82) is 0 Å². The molecule has 0 aromatic carbocycles. The van der Waals surface area contributed by atoms with E-state index in [2.05, 4.69) is 10.1 Å². The van der Waals surface area contributed by atoms with E-state index in [1.165, 1.54) is 0 Å². The van der Waals surface area contributed by atoms with Crippen molar-refractivity contribution in [1.82, 2.24) is 14.8 Å². The molecule has 0 amide bonds. The number of hydrogen-bond donors (Lipinski definition) is 2. The highest BCUT2D eigenvalue weighted by molar-refractivity contribution is 5.71. The molecule has 0 aliphatic heterocycles. The lowest BCUT2D eigenvalue weighted by molar-refractivity contribution is -0.749. The Labute approximate surface area is 84.9 Å². The highest BCUT2D eigenvalue weighted by Gasteiger charge is 2.41. The maximum absolute atomic E-state index is 10.4. The minimum absolute atomic E-state index is 0.0329. The number of hydrogen-bond acceptors (Lipinski definition) is 9. The molecule has 1 rings (SSSR count). The van der Waals surface area contributed by atoms with Crippen LogP contribution < -0.4 is 5.73 Å². The van der Waals surface area contributed by atoms with E-state index < -0.39 is 32.6 Å². The van der Waals surface area contributed by atoms with Gasteiger partial charge in [-0.1, -0.05) is 0 Å². The summed E-state index contributed by atoms with van der Waals surface area (Å²) in [5, 5.41) is 42.3. The molecule has 1 aromatic heterocycles. The number of anilines is 1. The van der Waals surface area contributed by atoms with Crippen LogP contribution in [0.15, 0.2) is 0 Å². The van der Waals surface area contributed by atoms with Gasteiger partial charge in [0.2, 0.25) is 0 Å². The van der Waals surface area contributed by atoms with Crippen LogP contribution in [0.25, 0.3) is 0 Å². The van der Waals surface area contributed by atoms with Crippen molar-refractivity contribution >= 4 is 17.9 Å². The van der Waals surface area contributed by atoms with Gasteiger partial charge in [-0.05, 0) is 4.92 Å². The van der Waals surface area contributed by atoms with Gasteiger partial charge in [0.05, 0.1) is 9.83 Å². The van der Waals surface area contributed by atoms with E-state index in [4.69, 9.17) is 10.9 Å². The van der Waals surface area contributed by atoms with Crippen LogP contribution in [0.3, 0.4) is 0 Å². The number of nitro groups is 2. The first kappa shape index (κ1) is 11.1. The van der Waals surface area contributed by atoms with Crippen molar-refractivity contribution in [2.75, 3.05) is 5.73 Å². The Morgan fingerprint density at radius 2 is 1.94 bits per heavy atom. The molecule has 0 spiro atoms. The van der Waals surface area contributed by atoms with E-state index in [9.17, 15) is 25.4 Å². The molecule has 86 valence electrons. The van der Waals surface area contributed by atoms with Crippen LogP contribution in [0.5, 0.6) is 0 Å². The largest absolute Gasteiger partial charge is 0.669 e. The van der Waals surface area contributed by atoms with Gasteiger partial charge in [0.1, 0.15) is 4.68 Å². The summed E-state index contributed by atoms with van der Waals surface area (Å²) in [6.45, 7) is 0. The monoisotopic (exact) mass is 233 g/mol. The van der Waals surface area contributed by atoms with Gasteiger partial charge in [0.15, 0.2) is 5.10 Å². The zero-order chi connectivity index (χ0) is 12.5. The van der Waals surface area contributed by atoms with Crippen molar-refractivity contribution in [3.05, 3.63) is 25.4 Å². The second-order valence-electron chi connectivity index (χ2n) is 2.27. The molecule has 0 fully saturated rings. The summed E-state index contributed by atoms with van der Waals surface area (Å²) in [5.41, 5.74) is 5.04. The predicted molar refractivity (Wildman–Crippen MR) is 43.9 cm³/mol. The number of nitrogens with two attached hydrogens (primary N) is 1. The zero-order valence-corrected chi connectivity index (χ0v) is 7.25. The molecule has 13 nitrogen and oxygen atoms in total. The lowest BCUT2D eigenvalue weighted by atomic mass is 10.9. The molecule has 16 heavy (non-hydrogen) atoms. The van der Waals surface area contributed by atoms with Gasteiger partial charge in [-0.15, -0.1) is 0 Å². The summed E-state index contributed by atoms with van der Waals surface area (Å²) in [5.74, 6) is -3.36. The second kappa shape index (κ2) is 3.64. The van der Waals surface area contributed by atoms with Crippen LogP contribution in [0, 0.1) is 25.4 Å². The van der Waals surface area contributed by atoms with E-state index in [1.807, 2.05) is 0 Å². The molecule has 0 aliphatic rings. The molecule has 0 aliphatic carbocycles. The molecular weight excluding hydrogens is 230 g/mol. The highest BCUT2D eigenvalue weighted by atomic mass is 16.8. The Bertz CT molecular complexity index is 484. The van der Waals surface area contributed by atoms with Crippen LogP contribution in [-0.4, -0.2) is 40.7 Å². The van der Waals surface area contributed by atoms with Crippen molar-refractivity contribution in [2.45, 2.75) is 0 Å². The first-order chi connectivity index (χ1) is 7.34. The van der Waals surface area contributed by atoms with Gasteiger partial charge < -0.3 is 36.4 Å². The third-order valence-corrected chi connectivity index (χ3v) is 1.31. The van der Waals surface area contributed by atoms with E-state index in [0.29, 0.717) is 0 Å². The first-order valence-electron chi connectivity index (χ1n) is 3.39. The molecule has 3 N–H and O–H groups in total. The molecule has 1 aromatic rings. The Kier molecular flexibility index (Phi) is 2.52. The maximum Gasteiger partial charge on any atom is 0.669 e. The summed E-state index contributed by atoms with van der Waals surface area (Å²) in [7, 11) is 0. The van der Waals surface area contributed by atoms with E-state index >= 15 is 0 Å². The Morgan fingerprint density at radius 1 is 1.38 bits per heavy atom. The fourth-order valence-electron chi connectivity index (χ4n) is 0.766. The van der Waals surface area contributed by atoms with Gasteiger partial charge in [-0.3, -0.25) is 0 Å². The van der Waals surface area contributed by atoms with E-state index in [-0.39, 0.29) is 4.68 Å². The van der Waals surface area contributed by atoms with Gasteiger partial charge in [0.25, 0.3) is 0 Å². The van der Waals surface area contributed by atoms with Crippen LogP contribution >= 0.6 is 0 Å². The topological polar surface area (TPSA) is 189 Å². The Morgan fingerprint density at radius 3 is 2.25 bits per heavy atom. The molecule has 0 bridgehead atoms. The van der Waals surface area contributed by atoms with Crippen molar-refractivity contribution in [3.63, 3.8) is 0 Å². The fourth-order valence-corrected chi connectivity index (χ4v) is 0.766. The van der Waals surface area contributed by atoms with Crippen molar-refractivity contribution < 1.29 is 20.0 Å². The predicted octanol–water partition coefficient (Wildman–Crippen LogP) is -1.85. The average Bonchev–Trinajstić information content (AvgIpc) is 2.47. The van der Waals surface area contributed by atoms with Crippen molar-refractivity contribution in [2.24, 2.45) is 0 Å². The number of rotatable bonds is 1. The van der Waals surface area contributed by atoms with Crippen LogP contribution in [-0.2, 0) is 0 Å². The SMILES string of the molecule is Nc1nc([N+](=O)[O-])nn1/C([N+](=O)[O-])=[N+](/[O-])O. The molecule has 0 atom stereocenters. The number of nitrogens with zero attached hydrogens (tertiary/aromatic N) is 6. The van der Waals surface area contributed by atoms with Gasteiger partial charge in [-0.2, -0.15) is 0 Å². The summed E-state index contributed by atoms with van der Waals surface area (Å²) in [6.07, 6.45) is 0. The minimum Gasteiger partial charge on any atom is -0.461 e. The average molecular weight is 233 g/mol. The molecule has 0 radical (unpaired) electrons. The smallest absolute Gasteiger partial charge is 0.461 e. The van der Waals surface area contributed by atoms with Gasteiger partial charge in [0, 0.05) is 4.98 Å². The summed E-state index contributed by atoms with van der Waals surface area (Å²) in [6, 6.07) is 0. The fraction of sp³-hybridized carbons (Fsp3) is 0. The van der Waals surface area contributed by atoms with E-state index in [1.54, 1.807) is 0 Å². The third kappa shape index (κ3) is 1.76. The second-order valence-corrected chi connectivity index (χ2v) is 2.27. The first-order valence-corrected chi connectivity index (χ1v) is 3.39. The Hall–Kier alpha value is -2.99. The van der Waals surface area contributed by atoms with Crippen LogP contribution in [0.1, 0.15) is 0 Å². The molecular formula is C3H3N7O6. The maximum atomic E-state index is 10.4. The lowest BCUT2D eigenvalue weighted by Gasteiger charge is -1.90. The highest BCUT2D eigenvalue weighted by Crippen LogP contribution is 2.07.